The third-order valence-corrected chi connectivity index (χ3v) is 12.2. The highest BCUT2D eigenvalue weighted by Gasteiger charge is 2.42. The lowest BCUT2D eigenvalue weighted by Crippen LogP contribution is -2.25. The fourth-order valence-corrected chi connectivity index (χ4v) is 9.19. The van der Waals surface area contributed by atoms with Crippen molar-refractivity contribution in [2.45, 2.75) is 103 Å². The summed E-state index contributed by atoms with van der Waals surface area (Å²) in [5.74, 6) is 0. The summed E-state index contributed by atoms with van der Waals surface area (Å²) in [5.41, 5.74) is 19.2. The van der Waals surface area contributed by atoms with Gasteiger partial charge < -0.3 is 4.90 Å². The van der Waals surface area contributed by atoms with E-state index in [1.165, 1.54) is 138 Å². The standard InChI is InChI=1S/C52H55N/c1-4-6-8-13-32-52(33-14-9-7-5-2)50-34-38(3)20-30-48(50)49-31-27-44(37-51(49)52)40-25-28-46(29-26-40)53(45-17-11-10-12-18-45)47-19-15-16-41(36-47)43-24-22-39-21-23-42(39)35-43/h10-12,15-20,22,24-31,34-37H,4-9,13-14,21,23,32-33H2,1-3H3. The van der Waals surface area contributed by atoms with Gasteiger partial charge in [-0.25, -0.2) is 0 Å². The van der Waals surface area contributed by atoms with Gasteiger partial charge in [-0.1, -0.05) is 162 Å². The summed E-state index contributed by atoms with van der Waals surface area (Å²) in [5, 5.41) is 0. The van der Waals surface area contributed by atoms with Gasteiger partial charge in [-0.2, -0.15) is 0 Å². The molecule has 6 aromatic rings. The van der Waals surface area contributed by atoms with Crippen molar-refractivity contribution in [3.05, 3.63) is 161 Å². The summed E-state index contributed by atoms with van der Waals surface area (Å²) < 4.78 is 0. The minimum atomic E-state index is 0.0863. The van der Waals surface area contributed by atoms with E-state index in [0.717, 1.165) is 5.69 Å². The average molecular weight is 694 g/mol. The number of hydrogen-bond donors (Lipinski definition) is 0. The smallest absolute Gasteiger partial charge is 0.0467 e. The van der Waals surface area contributed by atoms with Crippen LogP contribution in [0.1, 0.15) is 106 Å². The summed E-state index contributed by atoms with van der Waals surface area (Å²) in [6, 6.07) is 50.8. The molecule has 0 aromatic heterocycles. The molecule has 1 nitrogen and oxygen atoms in total. The summed E-state index contributed by atoms with van der Waals surface area (Å²) in [6.45, 7) is 6.92. The number of benzene rings is 6. The van der Waals surface area contributed by atoms with Crippen LogP contribution in [0, 0.1) is 6.92 Å². The molecule has 268 valence electrons. The topological polar surface area (TPSA) is 3.24 Å². The van der Waals surface area contributed by atoms with E-state index in [-0.39, 0.29) is 5.41 Å². The second kappa shape index (κ2) is 15.6. The van der Waals surface area contributed by atoms with Crippen molar-refractivity contribution in [3.63, 3.8) is 0 Å². The van der Waals surface area contributed by atoms with Gasteiger partial charge in [0.1, 0.15) is 0 Å². The van der Waals surface area contributed by atoms with Gasteiger partial charge in [0, 0.05) is 22.5 Å². The minimum Gasteiger partial charge on any atom is -0.310 e. The molecular weight excluding hydrogens is 639 g/mol. The molecular formula is C52H55N. The molecule has 8 rings (SSSR count). The Morgan fingerprint density at radius 3 is 1.72 bits per heavy atom. The second-order valence-electron chi connectivity index (χ2n) is 15.8. The lowest BCUT2D eigenvalue weighted by atomic mass is 9.70. The van der Waals surface area contributed by atoms with Gasteiger partial charge in [-0.15, -0.1) is 0 Å². The molecule has 0 heterocycles. The highest BCUT2D eigenvalue weighted by Crippen LogP contribution is 2.55. The monoisotopic (exact) mass is 693 g/mol. The molecule has 53 heavy (non-hydrogen) atoms. The van der Waals surface area contributed by atoms with E-state index in [4.69, 9.17) is 0 Å². The Balaban J connectivity index is 1.15. The van der Waals surface area contributed by atoms with Crippen molar-refractivity contribution in [2.24, 2.45) is 0 Å². The van der Waals surface area contributed by atoms with Crippen molar-refractivity contribution in [1.82, 2.24) is 0 Å². The SMILES string of the molecule is CCCCCCC1(CCCCCC)c2cc(C)ccc2-c2ccc(-c3ccc(N(c4ccccc4)c4cccc(-c5ccc6c(c5)CC6)c4)cc3)cc21. The Kier molecular flexibility index (Phi) is 10.4. The number of rotatable bonds is 15. The van der Waals surface area contributed by atoms with Crippen LogP contribution < -0.4 is 4.90 Å². The van der Waals surface area contributed by atoms with Gasteiger partial charge in [0.05, 0.1) is 0 Å². The van der Waals surface area contributed by atoms with Gasteiger partial charge in [0.25, 0.3) is 0 Å². The molecule has 0 saturated carbocycles. The summed E-state index contributed by atoms with van der Waals surface area (Å²) in [4.78, 5) is 2.40. The zero-order valence-electron chi connectivity index (χ0n) is 32.1. The van der Waals surface area contributed by atoms with Crippen molar-refractivity contribution >= 4 is 17.1 Å². The zero-order chi connectivity index (χ0) is 36.2. The number of aryl methyl sites for hydroxylation is 3. The first-order valence-corrected chi connectivity index (χ1v) is 20.5. The van der Waals surface area contributed by atoms with Gasteiger partial charge in [-0.05, 0) is 131 Å². The van der Waals surface area contributed by atoms with E-state index >= 15 is 0 Å². The Labute approximate surface area is 318 Å². The highest BCUT2D eigenvalue weighted by atomic mass is 15.1. The largest absolute Gasteiger partial charge is 0.310 e. The normalized spacial score (nSPS) is 13.6. The molecule has 0 aliphatic heterocycles. The van der Waals surface area contributed by atoms with Gasteiger partial charge >= 0.3 is 0 Å². The molecule has 0 unspecified atom stereocenters. The summed E-state index contributed by atoms with van der Waals surface area (Å²) >= 11 is 0. The molecule has 6 aromatic carbocycles. The highest BCUT2D eigenvalue weighted by molar-refractivity contribution is 5.85. The molecule has 2 aliphatic carbocycles. The molecule has 0 saturated heterocycles. The molecule has 0 amide bonds. The lowest BCUT2D eigenvalue weighted by molar-refractivity contribution is 0.401. The predicted octanol–water partition coefficient (Wildman–Crippen LogP) is 15.1. The summed E-state index contributed by atoms with van der Waals surface area (Å²) in [7, 11) is 0. The molecule has 0 spiro atoms. The third-order valence-electron chi connectivity index (χ3n) is 12.2. The lowest BCUT2D eigenvalue weighted by Gasteiger charge is -2.33. The minimum absolute atomic E-state index is 0.0863. The number of nitrogens with zero attached hydrogens (tertiary/aromatic N) is 1. The van der Waals surface area contributed by atoms with Crippen LogP contribution in [-0.4, -0.2) is 0 Å². The maximum absolute atomic E-state index is 2.58. The van der Waals surface area contributed by atoms with Gasteiger partial charge in [0.2, 0.25) is 0 Å². The van der Waals surface area contributed by atoms with Gasteiger partial charge in [0.15, 0.2) is 0 Å². The number of hydrogen-bond acceptors (Lipinski definition) is 1. The fourth-order valence-electron chi connectivity index (χ4n) is 9.19. The van der Waals surface area contributed by atoms with Crippen LogP contribution in [0.5, 0.6) is 0 Å². The maximum atomic E-state index is 2.58. The van der Waals surface area contributed by atoms with Gasteiger partial charge in [-0.3, -0.25) is 0 Å². The van der Waals surface area contributed by atoms with Crippen LogP contribution in [0.4, 0.5) is 17.1 Å². The molecule has 0 N–H and O–H groups in total. The molecule has 0 radical (unpaired) electrons. The third kappa shape index (κ3) is 6.99. The first-order chi connectivity index (χ1) is 26.1. The Morgan fingerprint density at radius 2 is 1.04 bits per heavy atom. The van der Waals surface area contributed by atoms with Crippen molar-refractivity contribution in [3.8, 4) is 33.4 Å². The maximum Gasteiger partial charge on any atom is 0.0467 e. The Bertz CT molecular complexity index is 2160. The first-order valence-electron chi connectivity index (χ1n) is 20.5. The predicted molar refractivity (Wildman–Crippen MR) is 228 cm³/mol. The number of anilines is 3. The average Bonchev–Trinajstić information content (AvgIpc) is 3.44. The molecule has 1 heteroatoms. The molecule has 0 atom stereocenters. The quantitative estimate of drug-likeness (QED) is 0.0968. The number of fused-ring (bicyclic) bond motifs is 4. The Hall–Kier alpha value is -4.88. The van der Waals surface area contributed by atoms with E-state index in [1.54, 1.807) is 11.1 Å². The van der Waals surface area contributed by atoms with E-state index in [2.05, 4.69) is 159 Å². The van der Waals surface area contributed by atoms with Crippen molar-refractivity contribution in [1.29, 1.82) is 0 Å². The van der Waals surface area contributed by atoms with E-state index in [1.807, 2.05) is 0 Å². The van der Waals surface area contributed by atoms with Crippen LogP contribution in [0.25, 0.3) is 33.4 Å². The van der Waals surface area contributed by atoms with Crippen LogP contribution in [0.2, 0.25) is 0 Å². The van der Waals surface area contributed by atoms with Crippen LogP contribution >= 0.6 is 0 Å². The zero-order valence-corrected chi connectivity index (χ0v) is 32.1. The first kappa shape index (κ1) is 35.2. The Morgan fingerprint density at radius 1 is 0.453 bits per heavy atom. The van der Waals surface area contributed by atoms with Crippen LogP contribution in [-0.2, 0) is 18.3 Å². The molecule has 0 fully saturated rings. The second-order valence-corrected chi connectivity index (χ2v) is 15.8. The van der Waals surface area contributed by atoms with E-state index < -0.39 is 0 Å². The number of unbranched alkanes of at least 4 members (excludes halogenated alkanes) is 6. The van der Waals surface area contributed by atoms with Crippen molar-refractivity contribution in [2.75, 3.05) is 4.90 Å². The van der Waals surface area contributed by atoms with Crippen LogP contribution in [0.15, 0.2) is 133 Å². The molecule has 2 aliphatic rings. The molecule has 0 bridgehead atoms. The van der Waals surface area contributed by atoms with Crippen LogP contribution in [0.3, 0.4) is 0 Å². The van der Waals surface area contributed by atoms with E-state index in [9.17, 15) is 0 Å². The summed E-state index contributed by atoms with van der Waals surface area (Å²) in [6.07, 6.45) is 15.3. The number of para-hydroxylation sites is 1. The van der Waals surface area contributed by atoms with E-state index in [0.29, 0.717) is 0 Å². The van der Waals surface area contributed by atoms with Crippen molar-refractivity contribution < 1.29 is 0 Å². The fraction of sp³-hybridized carbons (Fsp3) is 0.308.